The molecule has 0 saturated carbocycles. The summed E-state index contributed by atoms with van der Waals surface area (Å²) in [4.78, 5) is 0. The molecule has 0 unspecified atom stereocenters. The Hall–Kier alpha value is -0.610. The summed E-state index contributed by atoms with van der Waals surface area (Å²) in [6.45, 7) is 1.30. The van der Waals surface area contributed by atoms with Gasteiger partial charge in [-0.05, 0) is 0 Å². The molecule has 1 saturated heterocycles. The highest BCUT2D eigenvalue weighted by Crippen LogP contribution is 2.19. The third kappa shape index (κ3) is 1.59. The smallest absolute Gasteiger partial charge is 0.167 e. The van der Waals surface area contributed by atoms with E-state index in [0.29, 0.717) is 11.7 Å². The summed E-state index contributed by atoms with van der Waals surface area (Å²) >= 11 is 0. The lowest BCUT2D eigenvalue weighted by Gasteiger charge is -2.24. The van der Waals surface area contributed by atoms with Gasteiger partial charge in [0.2, 0.25) is 0 Å². The van der Waals surface area contributed by atoms with Gasteiger partial charge < -0.3 is 9.84 Å². The third-order valence-electron chi connectivity index (χ3n) is 1.91. The maximum Gasteiger partial charge on any atom is 0.167 e. The summed E-state index contributed by atoms with van der Waals surface area (Å²) in [7, 11) is 0. The highest BCUT2D eigenvalue weighted by Gasteiger charge is 2.22. The Morgan fingerprint density at radius 3 is 2.83 bits per heavy atom. The Labute approximate surface area is 75.7 Å². The molecule has 68 valence electrons. The standard InChI is InChI=1S/C7H9FN2O.ClH/c8-2-6-1-7(10-11-6)5-3-9-4-5;/h1,5,9H,2-4H2;1H. The summed E-state index contributed by atoms with van der Waals surface area (Å²) in [5.41, 5.74) is 0.872. The van der Waals surface area contributed by atoms with E-state index in [9.17, 15) is 4.39 Å². The number of nitrogens with one attached hydrogen (secondary N) is 1. The summed E-state index contributed by atoms with van der Waals surface area (Å²) < 4.78 is 16.7. The van der Waals surface area contributed by atoms with E-state index in [4.69, 9.17) is 4.52 Å². The minimum Gasteiger partial charge on any atom is -0.358 e. The van der Waals surface area contributed by atoms with Gasteiger partial charge in [-0.2, -0.15) is 0 Å². The van der Waals surface area contributed by atoms with E-state index in [1.807, 2.05) is 0 Å². The molecule has 0 bridgehead atoms. The minimum absolute atomic E-state index is 0. The largest absolute Gasteiger partial charge is 0.358 e. The zero-order chi connectivity index (χ0) is 7.68. The first kappa shape index (κ1) is 9.48. The molecule has 2 heterocycles. The normalized spacial score (nSPS) is 16.8. The average molecular weight is 193 g/mol. The molecule has 0 aliphatic carbocycles. The van der Waals surface area contributed by atoms with E-state index in [0.717, 1.165) is 18.8 Å². The van der Waals surface area contributed by atoms with Gasteiger partial charge in [0.25, 0.3) is 0 Å². The Morgan fingerprint density at radius 2 is 2.42 bits per heavy atom. The number of aromatic nitrogens is 1. The second kappa shape index (κ2) is 3.87. The van der Waals surface area contributed by atoms with E-state index in [2.05, 4.69) is 10.5 Å². The van der Waals surface area contributed by atoms with Gasteiger partial charge in [-0.15, -0.1) is 12.4 Å². The summed E-state index contributed by atoms with van der Waals surface area (Å²) in [6.07, 6.45) is 0. The number of rotatable bonds is 2. The van der Waals surface area contributed by atoms with E-state index in [1.54, 1.807) is 6.07 Å². The van der Waals surface area contributed by atoms with Crippen LogP contribution in [-0.2, 0) is 6.67 Å². The maximum absolute atomic E-state index is 12.0. The molecule has 1 N–H and O–H groups in total. The van der Waals surface area contributed by atoms with Crippen LogP contribution in [0.25, 0.3) is 0 Å². The number of hydrogen-bond donors (Lipinski definition) is 1. The predicted octanol–water partition coefficient (Wildman–Crippen LogP) is 1.25. The van der Waals surface area contributed by atoms with E-state index in [-0.39, 0.29) is 12.4 Å². The fraction of sp³-hybridized carbons (Fsp3) is 0.571. The van der Waals surface area contributed by atoms with E-state index >= 15 is 0 Å². The van der Waals surface area contributed by atoms with Crippen molar-refractivity contribution >= 4 is 12.4 Å². The number of halogens is 2. The van der Waals surface area contributed by atoms with Crippen molar-refractivity contribution in [2.45, 2.75) is 12.6 Å². The van der Waals surface area contributed by atoms with Crippen LogP contribution in [0, 0.1) is 0 Å². The van der Waals surface area contributed by atoms with Gasteiger partial charge in [-0.25, -0.2) is 4.39 Å². The summed E-state index contributed by atoms with van der Waals surface area (Å²) in [6, 6.07) is 1.69. The Morgan fingerprint density at radius 1 is 1.67 bits per heavy atom. The molecule has 0 amide bonds. The lowest BCUT2D eigenvalue weighted by atomic mass is 9.99. The first-order chi connectivity index (χ1) is 5.40. The van der Waals surface area contributed by atoms with Crippen LogP contribution in [-0.4, -0.2) is 18.2 Å². The van der Waals surface area contributed by atoms with Gasteiger partial charge in [0.05, 0.1) is 5.69 Å². The van der Waals surface area contributed by atoms with Gasteiger partial charge >= 0.3 is 0 Å². The SMILES string of the molecule is Cl.FCc1cc(C2CNC2)no1. The number of nitrogens with zero attached hydrogens (tertiary/aromatic N) is 1. The first-order valence-electron chi connectivity index (χ1n) is 3.62. The number of hydrogen-bond acceptors (Lipinski definition) is 3. The molecule has 2 rings (SSSR count). The van der Waals surface area contributed by atoms with Crippen molar-refractivity contribution in [3.63, 3.8) is 0 Å². The Bertz CT molecular complexity index is 249. The molecule has 0 spiro atoms. The molecule has 0 aromatic carbocycles. The fourth-order valence-corrected chi connectivity index (χ4v) is 1.08. The van der Waals surface area contributed by atoms with Crippen LogP contribution in [0.15, 0.2) is 10.6 Å². The van der Waals surface area contributed by atoms with Crippen molar-refractivity contribution in [2.75, 3.05) is 13.1 Å². The fourth-order valence-electron chi connectivity index (χ4n) is 1.08. The van der Waals surface area contributed by atoms with Crippen LogP contribution >= 0.6 is 12.4 Å². The van der Waals surface area contributed by atoms with Gasteiger partial charge in [0.15, 0.2) is 5.76 Å². The van der Waals surface area contributed by atoms with Gasteiger partial charge in [-0.1, -0.05) is 5.16 Å². The lowest BCUT2D eigenvalue weighted by Crippen LogP contribution is -2.40. The average Bonchev–Trinajstić information content (AvgIpc) is 2.32. The zero-order valence-electron chi connectivity index (χ0n) is 6.42. The topological polar surface area (TPSA) is 38.1 Å². The van der Waals surface area contributed by atoms with Crippen LogP contribution in [0.2, 0.25) is 0 Å². The van der Waals surface area contributed by atoms with Crippen LogP contribution in [0.1, 0.15) is 17.4 Å². The zero-order valence-corrected chi connectivity index (χ0v) is 7.23. The molecule has 1 fully saturated rings. The highest BCUT2D eigenvalue weighted by atomic mass is 35.5. The second-order valence-electron chi connectivity index (χ2n) is 2.71. The van der Waals surface area contributed by atoms with Crippen molar-refractivity contribution in [1.29, 1.82) is 0 Å². The van der Waals surface area contributed by atoms with E-state index < -0.39 is 6.67 Å². The van der Waals surface area contributed by atoms with Gasteiger partial charge in [0.1, 0.15) is 6.67 Å². The monoisotopic (exact) mass is 192 g/mol. The molecule has 1 aliphatic heterocycles. The Balaban J connectivity index is 0.000000720. The van der Waals surface area contributed by atoms with E-state index in [1.165, 1.54) is 0 Å². The quantitative estimate of drug-likeness (QED) is 0.767. The van der Waals surface area contributed by atoms with Crippen molar-refractivity contribution in [2.24, 2.45) is 0 Å². The molecule has 5 heteroatoms. The van der Waals surface area contributed by atoms with Gasteiger partial charge in [-0.3, -0.25) is 0 Å². The van der Waals surface area contributed by atoms with Crippen LogP contribution in [0.5, 0.6) is 0 Å². The van der Waals surface area contributed by atoms with Crippen LogP contribution < -0.4 is 5.32 Å². The number of alkyl halides is 1. The molecule has 1 aromatic rings. The second-order valence-corrected chi connectivity index (χ2v) is 2.71. The van der Waals surface area contributed by atoms with Crippen molar-refractivity contribution in [3.05, 3.63) is 17.5 Å². The van der Waals surface area contributed by atoms with Crippen molar-refractivity contribution < 1.29 is 8.91 Å². The highest BCUT2D eigenvalue weighted by molar-refractivity contribution is 5.85. The lowest BCUT2D eigenvalue weighted by molar-refractivity contribution is 0.319. The first-order valence-corrected chi connectivity index (χ1v) is 3.62. The van der Waals surface area contributed by atoms with Crippen LogP contribution in [0.4, 0.5) is 4.39 Å². The molecule has 0 atom stereocenters. The van der Waals surface area contributed by atoms with Gasteiger partial charge in [0, 0.05) is 25.1 Å². The molecule has 0 radical (unpaired) electrons. The summed E-state index contributed by atoms with van der Waals surface area (Å²) in [5.74, 6) is 0.756. The van der Waals surface area contributed by atoms with Crippen LogP contribution in [0.3, 0.4) is 0 Å². The molecular formula is C7H10ClFN2O. The predicted molar refractivity (Wildman–Crippen MR) is 44.2 cm³/mol. The molecule has 3 nitrogen and oxygen atoms in total. The minimum atomic E-state index is -0.562. The van der Waals surface area contributed by atoms with Crippen molar-refractivity contribution in [3.8, 4) is 0 Å². The molecule has 12 heavy (non-hydrogen) atoms. The molecule has 1 aromatic heterocycles. The van der Waals surface area contributed by atoms with Crippen molar-refractivity contribution in [1.82, 2.24) is 10.5 Å². The third-order valence-corrected chi connectivity index (χ3v) is 1.91. The molecule has 1 aliphatic rings. The summed E-state index contributed by atoms with van der Waals surface area (Å²) in [5, 5.41) is 6.87. The molecular weight excluding hydrogens is 183 g/mol. The maximum atomic E-state index is 12.0. The Kier molecular flexibility index (Phi) is 3.05.